The molecule has 2 aromatic carbocycles. The third kappa shape index (κ3) is 5.01. The van der Waals surface area contributed by atoms with Gasteiger partial charge in [-0.1, -0.05) is 18.9 Å². The van der Waals surface area contributed by atoms with Gasteiger partial charge in [0.15, 0.2) is 0 Å². The van der Waals surface area contributed by atoms with Crippen LogP contribution in [0, 0.1) is 0 Å². The first-order valence-electron chi connectivity index (χ1n) is 9.14. The Hall–Kier alpha value is -2.54. The summed E-state index contributed by atoms with van der Waals surface area (Å²) < 4.78 is 33.0. The van der Waals surface area contributed by atoms with E-state index >= 15 is 0 Å². The molecule has 0 saturated heterocycles. The van der Waals surface area contributed by atoms with E-state index in [1.807, 2.05) is 6.92 Å². The Morgan fingerprint density at radius 3 is 2.48 bits per heavy atom. The zero-order valence-corrected chi connectivity index (χ0v) is 16.1. The fourth-order valence-corrected chi connectivity index (χ4v) is 4.21. The van der Waals surface area contributed by atoms with Gasteiger partial charge in [0, 0.05) is 17.3 Å². The Kier molecular flexibility index (Phi) is 6.01. The average molecular weight is 388 g/mol. The summed E-state index contributed by atoms with van der Waals surface area (Å²) in [6.45, 7) is 2.38. The lowest BCUT2D eigenvalue weighted by Crippen LogP contribution is -2.32. The Labute approximate surface area is 160 Å². The normalized spacial score (nSPS) is 14.7. The molecular formula is C20H24N2O4S. The van der Waals surface area contributed by atoms with Gasteiger partial charge in [0.05, 0.1) is 11.5 Å². The number of rotatable bonds is 7. The molecule has 27 heavy (non-hydrogen) atoms. The van der Waals surface area contributed by atoms with Crippen LogP contribution in [0.15, 0.2) is 53.4 Å². The lowest BCUT2D eigenvalue weighted by atomic mass is 10.1. The number of carbonyl (C=O) groups excluding carboxylic acids is 1. The topological polar surface area (TPSA) is 84.5 Å². The summed E-state index contributed by atoms with van der Waals surface area (Å²) in [7, 11) is -3.75. The molecule has 2 N–H and O–H groups in total. The van der Waals surface area contributed by atoms with Gasteiger partial charge < -0.3 is 10.1 Å². The molecule has 3 rings (SSSR count). The van der Waals surface area contributed by atoms with Crippen LogP contribution in [0.1, 0.15) is 43.0 Å². The predicted molar refractivity (Wildman–Crippen MR) is 105 cm³/mol. The zero-order chi connectivity index (χ0) is 19.3. The van der Waals surface area contributed by atoms with Crippen LogP contribution in [0.2, 0.25) is 0 Å². The monoisotopic (exact) mass is 388 g/mol. The highest BCUT2D eigenvalue weighted by Gasteiger charge is 2.19. The molecule has 0 heterocycles. The first kappa shape index (κ1) is 19.2. The third-order valence-electron chi connectivity index (χ3n) is 4.51. The number of hydrogen-bond acceptors (Lipinski definition) is 4. The minimum absolute atomic E-state index is 0.131. The van der Waals surface area contributed by atoms with E-state index in [4.69, 9.17) is 4.74 Å². The number of ether oxygens (including phenoxy) is 1. The van der Waals surface area contributed by atoms with Crippen molar-refractivity contribution in [2.24, 2.45) is 0 Å². The van der Waals surface area contributed by atoms with Gasteiger partial charge in [-0.15, -0.1) is 0 Å². The molecule has 0 spiro atoms. The van der Waals surface area contributed by atoms with Gasteiger partial charge >= 0.3 is 0 Å². The van der Waals surface area contributed by atoms with Gasteiger partial charge in [0.25, 0.3) is 15.9 Å². The summed E-state index contributed by atoms with van der Waals surface area (Å²) in [4.78, 5) is 12.5. The first-order valence-corrected chi connectivity index (χ1v) is 10.6. The molecule has 0 aliphatic heterocycles. The number of benzene rings is 2. The molecule has 1 amide bonds. The molecule has 0 radical (unpaired) electrons. The quantitative estimate of drug-likeness (QED) is 0.760. The highest BCUT2D eigenvalue weighted by atomic mass is 32.2. The van der Waals surface area contributed by atoms with Crippen molar-refractivity contribution < 1.29 is 17.9 Å². The van der Waals surface area contributed by atoms with E-state index in [-0.39, 0.29) is 16.8 Å². The van der Waals surface area contributed by atoms with Crippen LogP contribution in [0.3, 0.4) is 0 Å². The molecule has 1 aliphatic rings. The molecule has 0 atom stereocenters. The van der Waals surface area contributed by atoms with Crippen LogP contribution < -0.4 is 14.8 Å². The summed E-state index contributed by atoms with van der Waals surface area (Å²) in [5, 5.41) is 3.01. The fraction of sp³-hybridized carbons (Fsp3) is 0.350. The summed E-state index contributed by atoms with van der Waals surface area (Å²) in [5.41, 5.74) is 0.789. The Bertz CT molecular complexity index is 888. The second-order valence-electron chi connectivity index (χ2n) is 6.55. The zero-order valence-electron chi connectivity index (χ0n) is 15.3. The Morgan fingerprint density at radius 1 is 1.11 bits per heavy atom. The molecule has 0 unspecified atom stereocenters. The SMILES string of the molecule is CCOc1ccc(S(=O)(=O)Nc2cccc(C(=O)NC3CCCC3)c2)cc1. The van der Waals surface area contributed by atoms with Gasteiger partial charge in [0.2, 0.25) is 0 Å². The van der Waals surface area contributed by atoms with Crippen molar-refractivity contribution >= 4 is 21.6 Å². The molecule has 2 aromatic rings. The molecule has 1 fully saturated rings. The minimum atomic E-state index is -3.75. The Morgan fingerprint density at radius 2 is 1.81 bits per heavy atom. The number of nitrogens with one attached hydrogen (secondary N) is 2. The minimum Gasteiger partial charge on any atom is -0.494 e. The van der Waals surface area contributed by atoms with Crippen molar-refractivity contribution in [3.63, 3.8) is 0 Å². The number of hydrogen-bond donors (Lipinski definition) is 2. The highest BCUT2D eigenvalue weighted by molar-refractivity contribution is 7.92. The van der Waals surface area contributed by atoms with Crippen molar-refractivity contribution in [3.05, 3.63) is 54.1 Å². The van der Waals surface area contributed by atoms with Gasteiger partial charge in [-0.2, -0.15) is 0 Å². The number of carbonyl (C=O) groups is 1. The largest absolute Gasteiger partial charge is 0.494 e. The summed E-state index contributed by atoms with van der Waals surface area (Å²) in [5.74, 6) is 0.436. The second kappa shape index (κ2) is 8.43. The second-order valence-corrected chi connectivity index (χ2v) is 8.23. The lowest BCUT2D eigenvalue weighted by Gasteiger charge is -2.13. The standard InChI is InChI=1S/C20H24N2O4S/c1-2-26-18-10-12-19(13-11-18)27(24,25)22-17-9-5-6-15(14-17)20(23)21-16-7-3-4-8-16/h5-6,9-14,16,22H,2-4,7-8H2,1H3,(H,21,23). The molecule has 1 saturated carbocycles. The summed E-state index contributed by atoms with van der Waals surface area (Å²) in [6, 6.07) is 12.9. The van der Waals surface area contributed by atoms with E-state index in [1.165, 1.54) is 12.1 Å². The van der Waals surface area contributed by atoms with E-state index in [1.54, 1.807) is 36.4 Å². The smallest absolute Gasteiger partial charge is 0.261 e. The van der Waals surface area contributed by atoms with E-state index in [2.05, 4.69) is 10.0 Å². The van der Waals surface area contributed by atoms with Crippen molar-refractivity contribution in [2.45, 2.75) is 43.5 Å². The molecule has 7 heteroatoms. The molecule has 6 nitrogen and oxygen atoms in total. The van der Waals surface area contributed by atoms with E-state index in [0.29, 0.717) is 23.6 Å². The average Bonchev–Trinajstić information content (AvgIpc) is 3.15. The number of sulfonamides is 1. The van der Waals surface area contributed by atoms with Gasteiger partial charge in [0.1, 0.15) is 5.75 Å². The van der Waals surface area contributed by atoms with Gasteiger partial charge in [-0.3, -0.25) is 9.52 Å². The molecular weight excluding hydrogens is 364 g/mol. The van der Waals surface area contributed by atoms with Crippen molar-refractivity contribution in [3.8, 4) is 5.75 Å². The van der Waals surface area contributed by atoms with Crippen LogP contribution in [0.25, 0.3) is 0 Å². The number of amides is 1. The van der Waals surface area contributed by atoms with Crippen LogP contribution in [0.5, 0.6) is 5.75 Å². The maximum atomic E-state index is 12.6. The van der Waals surface area contributed by atoms with Crippen LogP contribution in [0.4, 0.5) is 5.69 Å². The van der Waals surface area contributed by atoms with Crippen molar-refractivity contribution in [1.82, 2.24) is 5.32 Å². The fourth-order valence-electron chi connectivity index (χ4n) is 3.16. The van der Waals surface area contributed by atoms with Gasteiger partial charge in [-0.25, -0.2) is 8.42 Å². The highest BCUT2D eigenvalue weighted by Crippen LogP contribution is 2.21. The molecule has 144 valence electrons. The lowest BCUT2D eigenvalue weighted by molar-refractivity contribution is 0.0938. The maximum Gasteiger partial charge on any atom is 0.261 e. The molecule has 1 aliphatic carbocycles. The molecule has 0 bridgehead atoms. The van der Waals surface area contributed by atoms with Gasteiger partial charge in [-0.05, 0) is 62.2 Å². The van der Waals surface area contributed by atoms with E-state index in [9.17, 15) is 13.2 Å². The Balaban J connectivity index is 1.71. The third-order valence-corrected chi connectivity index (χ3v) is 5.91. The summed E-state index contributed by atoms with van der Waals surface area (Å²) in [6.07, 6.45) is 4.26. The maximum absolute atomic E-state index is 12.6. The van der Waals surface area contributed by atoms with Crippen molar-refractivity contribution in [2.75, 3.05) is 11.3 Å². The number of anilines is 1. The molecule has 0 aromatic heterocycles. The summed E-state index contributed by atoms with van der Waals surface area (Å²) >= 11 is 0. The van der Waals surface area contributed by atoms with Crippen LogP contribution >= 0.6 is 0 Å². The van der Waals surface area contributed by atoms with Crippen LogP contribution in [-0.4, -0.2) is 27.0 Å². The first-order chi connectivity index (χ1) is 13.0. The predicted octanol–water partition coefficient (Wildman–Crippen LogP) is 3.56. The van der Waals surface area contributed by atoms with Crippen molar-refractivity contribution in [1.29, 1.82) is 0 Å². The van der Waals surface area contributed by atoms with E-state index in [0.717, 1.165) is 25.7 Å². The van der Waals surface area contributed by atoms with E-state index < -0.39 is 10.0 Å². The van der Waals surface area contributed by atoms with Crippen LogP contribution in [-0.2, 0) is 10.0 Å².